The fraction of sp³-hybridized carbons (Fsp3) is 0.846. The van der Waals surface area contributed by atoms with E-state index in [4.69, 9.17) is 0 Å². The summed E-state index contributed by atoms with van der Waals surface area (Å²) in [7, 11) is 0. The molecular formula is C13H22N2O2S. The highest BCUT2D eigenvalue weighted by Gasteiger charge is 2.50. The summed E-state index contributed by atoms with van der Waals surface area (Å²) in [4.78, 5) is 26.1. The van der Waals surface area contributed by atoms with Crippen LogP contribution < -0.4 is 5.32 Å². The topological polar surface area (TPSA) is 49.4 Å². The van der Waals surface area contributed by atoms with Crippen LogP contribution >= 0.6 is 11.8 Å². The summed E-state index contributed by atoms with van der Waals surface area (Å²) in [6.07, 6.45) is 3.76. The second-order valence-electron chi connectivity index (χ2n) is 5.39. The Kier molecular flexibility index (Phi) is 4.20. The molecule has 0 aromatic heterocycles. The lowest BCUT2D eigenvalue weighted by molar-refractivity contribution is -0.153. The van der Waals surface area contributed by atoms with Crippen molar-refractivity contribution in [3.63, 3.8) is 0 Å². The van der Waals surface area contributed by atoms with E-state index in [1.807, 2.05) is 16.7 Å². The third kappa shape index (κ3) is 2.51. The first-order valence-electron chi connectivity index (χ1n) is 6.76. The van der Waals surface area contributed by atoms with Gasteiger partial charge in [0.15, 0.2) is 0 Å². The zero-order valence-electron chi connectivity index (χ0n) is 11.2. The molecule has 1 aliphatic heterocycles. The molecule has 4 nitrogen and oxygen atoms in total. The summed E-state index contributed by atoms with van der Waals surface area (Å²) in [6, 6.07) is 0. The van der Waals surface area contributed by atoms with Gasteiger partial charge in [0.25, 0.3) is 0 Å². The molecule has 1 heterocycles. The zero-order chi connectivity index (χ0) is 13.2. The highest BCUT2D eigenvalue weighted by atomic mass is 32.2. The summed E-state index contributed by atoms with van der Waals surface area (Å²) in [5, 5.41) is 3.32. The highest BCUT2D eigenvalue weighted by molar-refractivity contribution is 7.99. The van der Waals surface area contributed by atoms with Crippen molar-refractivity contribution in [1.29, 1.82) is 0 Å². The molecular weight excluding hydrogens is 248 g/mol. The number of carbonyl (C=O) groups is 2. The van der Waals surface area contributed by atoms with E-state index < -0.39 is 5.54 Å². The van der Waals surface area contributed by atoms with Gasteiger partial charge in [-0.3, -0.25) is 9.59 Å². The lowest BCUT2D eigenvalue weighted by atomic mass is 9.91. The first-order valence-corrected chi connectivity index (χ1v) is 7.81. The number of amides is 2. The Labute approximate surface area is 113 Å². The summed E-state index contributed by atoms with van der Waals surface area (Å²) in [5.74, 6) is 1.06. The van der Waals surface area contributed by atoms with E-state index >= 15 is 0 Å². The number of carbonyl (C=O) groups excluding carboxylic acids is 2. The third-order valence-electron chi connectivity index (χ3n) is 3.84. The van der Waals surface area contributed by atoms with Crippen molar-refractivity contribution in [2.24, 2.45) is 0 Å². The van der Waals surface area contributed by atoms with Crippen LogP contribution in [0.3, 0.4) is 0 Å². The smallest absolute Gasteiger partial charge is 0.246 e. The van der Waals surface area contributed by atoms with Gasteiger partial charge in [0.05, 0.1) is 6.54 Å². The van der Waals surface area contributed by atoms with E-state index in [0.29, 0.717) is 11.8 Å². The van der Waals surface area contributed by atoms with Crippen LogP contribution in [-0.2, 0) is 9.59 Å². The van der Waals surface area contributed by atoms with Crippen LogP contribution in [0.4, 0.5) is 0 Å². The molecule has 5 heteroatoms. The maximum atomic E-state index is 12.2. The van der Waals surface area contributed by atoms with E-state index in [1.54, 1.807) is 0 Å². The van der Waals surface area contributed by atoms with E-state index in [-0.39, 0.29) is 18.4 Å². The average Bonchev–Trinajstić information content (AvgIpc) is 2.79. The van der Waals surface area contributed by atoms with Crippen molar-refractivity contribution in [2.45, 2.75) is 50.3 Å². The number of nitrogens with one attached hydrogen (secondary N) is 1. The Balaban J connectivity index is 2.07. The normalized spacial score (nSPS) is 22.9. The molecule has 2 aliphatic rings. The summed E-state index contributed by atoms with van der Waals surface area (Å²) < 4.78 is 0. The number of rotatable bonds is 4. The highest BCUT2D eigenvalue weighted by Crippen LogP contribution is 2.37. The molecule has 1 spiro atoms. The minimum Gasteiger partial charge on any atom is -0.345 e. The van der Waals surface area contributed by atoms with Gasteiger partial charge < -0.3 is 10.2 Å². The van der Waals surface area contributed by atoms with Gasteiger partial charge in [0.1, 0.15) is 5.54 Å². The van der Waals surface area contributed by atoms with Crippen LogP contribution in [0.15, 0.2) is 0 Å². The second kappa shape index (κ2) is 5.51. The van der Waals surface area contributed by atoms with Crippen LogP contribution in [0.2, 0.25) is 0 Å². The average molecular weight is 270 g/mol. The molecule has 0 aromatic rings. The Morgan fingerprint density at radius 2 is 2.00 bits per heavy atom. The molecule has 1 saturated heterocycles. The third-order valence-corrected chi connectivity index (χ3v) is 4.92. The zero-order valence-corrected chi connectivity index (χ0v) is 12.0. The lowest BCUT2D eigenvalue weighted by Gasteiger charge is -2.43. The van der Waals surface area contributed by atoms with Gasteiger partial charge in [-0.15, -0.1) is 0 Å². The van der Waals surface area contributed by atoms with E-state index in [0.717, 1.165) is 31.4 Å². The van der Waals surface area contributed by atoms with Gasteiger partial charge in [0, 0.05) is 12.3 Å². The molecule has 0 unspecified atom stereocenters. The molecule has 1 aliphatic carbocycles. The van der Waals surface area contributed by atoms with Crippen molar-refractivity contribution >= 4 is 23.6 Å². The second-order valence-corrected chi connectivity index (χ2v) is 7.07. The molecule has 18 heavy (non-hydrogen) atoms. The fourth-order valence-electron chi connectivity index (χ4n) is 2.95. The van der Waals surface area contributed by atoms with Gasteiger partial charge in [-0.25, -0.2) is 0 Å². The first-order chi connectivity index (χ1) is 8.56. The van der Waals surface area contributed by atoms with Crippen LogP contribution in [-0.4, -0.2) is 46.3 Å². The van der Waals surface area contributed by atoms with Crippen molar-refractivity contribution < 1.29 is 9.59 Å². The largest absolute Gasteiger partial charge is 0.345 e. The first kappa shape index (κ1) is 13.7. The monoisotopic (exact) mass is 270 g/mol. The van der Waals surface area contributed by atoms with E-state index in [1.165, 1.54) is 0 Å². The number of piperazine rings is 1. The van der Waals surface area contributed by atoms with Crippen molar-refractivity contribution in [3.8, 4) is 0 Å². The molecule has 1 saturated carbocycles. The molecule has 0 radical (unpaired) electrons. The van der Waals surface area contributed by atoms with Gasteiger partial charge in [-0.05, 0) is 18.1 Å². The SMILES string of the molecule is CC(C)SCCN1C(=O)CNC(=O)C12CCCC2. The van der Waals surface area contributed by atoms with Crippen LogP contribution in [0.5, 0.6) is 0 Å². The summed E-state index contributed by atoms with van der Waals surface area (Å²) in [5.41, 5.74) is -0.521. The number of hydrogen-bond acceptors (Lipinski definition) is 3. The summed E-state index contributed by atoms with van der Waals surface area (Å²) >= 11 is 1.84. The standard InChI is InChI=1S/C13H22N2O2S/c1-10(2)18-8-7-15-11(16)9-14-12(17)13(15)5-3-4-6-13/h10H,3-9H2,1-2H3,(H,14,17). The van der Waals surface area contributed by atoms with E-state index in [2.05, 4.69) is 19.2 Å². The predicted octanol–water partition coefficient (Wildman–Crippen LogP) is 1.40. The van der Waals surface area contributed by atoms with Crippen LogP contribution in [0, 0.1) is 0 Å². The van der Waals surface area contributed by atoms with Crippen molar-refractivity contribution in [1.82, 2.24) is 10.2 Å². The number of hydrogen-bond donors (Lipinski definition) is 1. The predicted molar refractivity (Wildman–Crippen MR) is 73.5 cm³/mol. The molecule has 2 rings (SSSR count). The van der Waals surface area contributed by atoms with Crippen molar-refractivity contribution in [3.05, 3.63) is 0 Å². The molecule has 0 aromatic carbocycles. The minimum absolute atomic E-state index is 0.0640. The molecule has 102 valence electrons. The lowest BCUT2D eigenvalue weighted by Crippen LogP contribution is -2.66. The Morgan fingerprint density at radius 1 is 1.33 bits per heavy atom. The Bertz CT molecular complexity index is 338. The maximum Gasteiger partial charge on any atom is 0.246 e. The number of thioether (sulfide) groups is 1. The molecule has 2 amide bonds. The molecule has 1 N–H and O–H groups in total. The number of nitrogens with zero attached hydrogens (tertiary/aromatic N) is 1. The van der Waals surface area contributed by atoms with Gasteiger partial charge in [0.2, 0.25) is 11.8 Å². The van der Waals surface area contributed by atoms with Crippen LogP contribution in [0.1, 0.15) is 39.5 Å². The molecule has 0 atom stereocenters. The van der Waals surface area contributed by atoms with Gasteiger partial charge >= 0.3 is 0 Å². The van der Waals surface area contributed by atoms with Crippen molar-refractivity contribution in [2.75, 3.05) is 18.8 Å². The fourth-order valence-corrected chi connectivity index (χ4v) is 3.71. The van der Waals surface area contributed by atoms with Crippen LogP contribution in [0.25, 0.3) is 0 Å². The quantitative estimate of drug-likeness (QED) is 0.840. The molecule has 2 fully saturated rings. The Hall–Kier alpha value is -0.710. The Morgan fingerprint density at radius 3 is 2.61 bits per heavy atom. The maximum absolute atomic E-state index is 12.2. The van der Waals surface area contributed by atoms with Gasteiger partial charge in [-0.1, -0.05) is 26.7 Å². The van der Waals surface area contributed by atoms with Gasteiger partial charge in [-0.2, -0.15) is 11.8 Å². The minimum atomic E-state index is -0.521. The molecule has 0 bridgehead atoms. The van der Waals surface area contributed by atoms with E-state index in [9.17, 15) is 9.59 Å². The summed E-state index contributed by atoms with van der Waals surface area (Å²) in [6.45, 7) is 5.18.